The third-order valence-corrected chi connectivity index (χ3v) is 5.09. The predicted octanol–water partition coefficient (Wildman–Crippen LogP) is 5.44. The summed E-state index contributed by atoms with van der Waals surface area (Å²) in [5, 5.41) is 9.68. The van der Waals surface area contributed by atoms with E-state index in [0.717, 1.165) is 18.8 Å². The molecule has 0 radical (unpaired) electrons. The first-order valence-corrected chi connectivity index (χ1v) is 10.1. The van der Waals surface area contributed by atoms with Gasteiger partial charge in [0.15, 0.2) is 0 Å². The Hall–Kier alpha value is -1.06. The molecule has 146 valence electrons. The summed E-state index contributed by atoms with van der Waals surface area (Å²) in [6, 6.07) is 0. The van der Waals surface area contributed by atoms with Gasteiger partial charge in [-0.05, 0) is 45.4 Å². The second-order valence-electron chi connectivity index (χ2n) is 9.15. The molecule has 0 saturated heterocycles. The van der Waals surface area contributed by atoms with Gasteiger partial charge in [-0.2, -0.15) is 0 Å². The number of hydrogen-bond donors (Lipinski definition) is 1. The summed E-state index contributed by atoms with van der Waals surface area (Å²) in [5.41, 5.74) is -0.584. The normalized spacial score (nSPS) is 18.8. The first-order chi connectivity index (χ1) is 11.6. The fourth-order valence-electron chi connectivity index (χ4n) is 3.91. The lowest BCUT2D eigenvalue weighted by Crippen LogP contribution is -2.36. The molecule has 4 nitrogen and oxygen atoms in total. The summed E-state index contributed by atoms with van der Waals surface area (Å²) in [6.45, 7) is 9.51. The van der Waals surface area contributed by atoms with Gasteiger partial charge in [-0.15, -0.1) is 0 Å². The van der Waals surface area contributed by atoms with E-state index in [1.54, 1.807) is 0 Å². The van der Waals surface area contributed by atoms with Crippen LogP contribution in [-0.4, -0.2) is 22.6 Å². The minimum atomic E-state index is -0.873. The monoisotopic (exact) mass is 354 g/mol. The summed E-state index contributed by atoms with van der Waals surface area (Å²) in [7, 11) is 0. The van der Waals surface area contributed by atoms with Crippen molar-refractivity contribution in [2.45, 2.75) is 98.0 Å². The van der Waals surface area contributed by atoms with E-state index in [9.17, 15) is 14.7 Å². The Bertz CT molecular complexity index is 416. The van der Waals surface area contributed by atoms with E-state index in [2.05, 4.69) is 0 Å². The van der Waals surface area contributed by atoms with Crippen LogP contribution in [0.1, 0.15) is 92.4 Å². The lowest BCUT2D eigenvalue weighted by molar-refractivity contribution is -0.167. The van der Waals surface area contributed by atoms with E-state index < -0.39 is 23.4 Å². The summed E-state index contributed by atoms with van der Waals surface area (Å²) in [5.74, 6) is -1.42. The molecular formula is C21H38O4. The highest BCUT2D eigenvalue weighted by molar-refractivity contribution is 5.81. The maximum atomic E-state index is 12.7. The smallest absolute Gasteiger partial charge is 0.310 e. The van der Waals surface area contributed by atoms with Gasteiger partial charge in [0, 0.05) is 0 Å². The van der Waals surface area contributed by atoms with Crippen LogP contribution in [0.15, 0.2) is 0 Å². The number of rotatable bonds is 9. The standard InChI is InChI=1S/C21H38O4/c1-15(2)14-18(19(22)23)17(20(24)25-21(3,4)5)13-9-12-16-10-7-6-8-11-16/h15-18H,6-14H2,1-5H3,(H,22,23)/t17-,18?/m1/s1. The highest BCUT2D eigenvalue weighted by atomic mass is 16.6. The molecule has 1 rings (SSSR count). The van der Waals surface area contributed by atoms with Crippen molar-refractivity contribution in [3.8, 4) is 0 Å². The molecule has 1 saturated carbocycles. The zero-order valence-electron chi connectivity index (χ0n) is 16.8. The van der Waals surface area contributed by atoms with Crippen molar-refractivity contribution in [3.63, 3.8) is 0 Å². The molecule has 1 N–H and O–H groups in total. The van der Waals surface area contributed by atoms with Crippen LogP contribution in [0.4, 0.5) is 0 Å². The molecule has 0 spiro atoms. The molecule has 1 aliphatic rings. The molecular weight excluding hydrogens is 316 g/mol. The fraction of sp³-hybridized carbons (Fsp3) is 0.905. The van der Waals surface area contributed by atoms with Crippen LogP contribution in [0.2, 0.25) is 0 Å². The molecule has 1 aliphatic carbocycles. The third kappa shape index (κ3) is 8.73. The van der Waals surface area contributed by atoms with Gasteiger partial charge in [-0.1, -0.05) is 58.8 Å². The Balaban J connectivity index is 2.74. The van der Waals surface area contributed by atoms with Crippen molar-refractivity contribution >= 4 is 11.9 Å². The number of ether oxygens (including phenoxy) is 1. The van der Waals surface area contributed by atoms with Crippen molar-refractivity contribution in [2.24, 2.45) is 23.7 Å². The van der Waals surface area contributed by atoms with Crippen LogP contribution >= 0.6 is 0 Å². The Kier molecular flexibility index (Phi) is 8.95. The van der Waals surface area contributed by atoms with Crippen molar-refractivity contribution in [2.75, 3.05) is 0 Å². The van der Waals surface area contributed by atoms with Crippen molar-refractivity contribution in [1.29, 1.82) is 0 Å². The predicted molar refractivity (Wildman–Crippen MR) is 100 cm³/mol. The van der Waals surface area contributed by atoms with E-state index in [0.29, 0.717) is 12.8 Å². The van der Waals surface area contributed by atoms with Gasteiger partial charge >= 0.3 is 11.9 Å². The SMILES string of the molecule is CC(C)CC(C(=O)O)[C@@H](CCCC1CCCCC1)C(=O)OC(C)(C)C. The average Bonchev–Trinajstić information content (AvgIpc) is 2.48. The van der Waals surface area contributed by atoms with E-state index in [1.807, 2.05) is 34.6 Å². The zero-order chi connectivity index (χ0) is 19.0. The molecule has 1 unspecified atom stereocenters. The second-order valence-corrected chi connectivity index (χ2v) is 9.15. The van der Waals surface area contributed by atoms with Crippen LogP contribution < -0.4 is 0 Å². The molecule has 2 atom stereocenters. The highest BCUT2D eigenvalue weighted by Crippen LogP contribution is 2.32. The van der Waals surface area contributed by atoms with E-state index >= 15 is 0 Å². The van der Waals surface area contributed by atoms with E-state index in [1.165, 1.54) is 32.1 Å². The molecule has 0 aromatic rings. The molecule has 0 aromatic heterocycles. The van der Waals surface area contributed by atoms with Gasteiger partial charge < -0.3 is 9.84 Å². The van der Waals surface area contributed by atoms with Gasteiger partial charge in [0.2, 0.25) is 0 Å². The van der Waals surface area contributed by atoms with Crippen LogP contribution in [0.25, 0.3) is 0 Å². The fourth-order valence-corrected chi connectivity index (χ4v) is 3.91. The topological polar surface area (TPSA) is 63.6 Å². The number of carbonyl (C=O) groups excluding carboxylic acids is 1. The number of hydrogen-bond acceptors (Lipinski definition) is 3. The first kappa shape index (κ1) is 22.0. The van der Waals surface area contributed by atoms with Crippen molar-refractivity contribution in [1.82, 2.24) is 0 Å². The summed E-state index contributed by atoms with van der Waals surface area (Å²) < 4.78 is 5.55. The largest absolute Gasteiger partial charge is 0.481 e. The minimum absolute atomic E-state index is 0.240. The molecule has 0 amide bonds. The summed E-state index contributed by atoms with van der Waals surface area (Å²) >= 11 is 0. The zero-order valence-corrected chi connectivity index (χ0v) is 16.8. The van der Waals surface area contributed by atoms with Crippen molar-refractivity contribution in [3.05, 3.63) is 0 Å². The van der Waals surface area contributed by atoms with Gasteiger partial charge in [-0.25, -0.2) is 0 Å². The quantitative estimate of drug-likeness (QED) is 0.560. The highest BCUT2D eigenvalue weighted by Gasteiger charge is 2.36. The van der Waals surface area contributed by atoms with E-state index in [-0.39, 0.29) is 11.9 Å². The van der Waals surface area contributed by atoms with Gasteiger partial charge in [0.05, 0.1) is 11.8 Å². The van der Waals surface area contributed by atoms with Gasteiger partial charge in [0.25, 0.3) is 0 Å². The second kappa shape index (κ2) is 10.2. The van der Waals surface area contributed by atoms with Gasteiger partial charge in [0.1, 0.15) is 5.60 Å². The first-order valence-electron chi connectivity index (χ1n) is 10.1. The van der Waals surface area contributed by atoms with Crippen LogP contribution in [0.3, 0.4) is 0 Å². The maximum Gasteiger partial charge on any atom is 0.310 e. The summed E-state index contributed by atoms with van der Waals surface area (Å²) in [4.78, 5) is 24.5. The number of carboxylic acids is 1. The number of carboxylic acid groups (broad SMARTS) is 1. The lowest BCUT2D eigenvalue weighted by atomic mass is 9.80. The molecule has 0 aromatic carbocycles. The lowest BCUT2D eigenvalue weighted by Gasteiger charge is -2.29. The number of esters is 1. The third-order valence-electron chi connectivity index (χ3n) is 5.09. The molecule has 0 bridgehead atoms. The van der Waals surface area contributed by atoms with E-state index in [4.69, 9.17) is 4.74 Å². The average molecular weight is 355 g/mol. The summed E-state index contributed by atoms with van der Waals surface area (Å²) in [6.07, 6.45) is 9.68. The minimum Gasteiger partial charge on any atom is -0.481 e. The Labute approximate surface area is 153 Å². The van der Waals surface area contributed by atoms with Crippen LogP contribution in [-0.2, 0) is 14.3 Å². The molecule has 1 fully saturated rings. The van der Waals surface area contributed by atoms with Crippen LogP contribution in [0.5, 0.6) is 0 Å². The van der Waals surface area contributed by atoms with Crippen molar-refractivity contribution < 1.29 is 19.4 Å². The maximum absolute atomic E-state index is 12.7. The Morgan fingerprint density at radius 1 is 1.08 bits per heavy atom. The molecule has 0 heterocycles. The van der Waals surface area contributed by atoms with Gasteiger partial charge in [-0.3, -0.25) is 9.59 Å². The number of aliphatic carboxylic acids is 1. The molecule has 0 aliphatic heterocycles. The molecule has 25 heavy (non-hydrogen) atoms. The molecule has 4 heteroatoms. The Morgan fingerprint density at radius 3 is 2.16 bits per heavy atom. The Morgan fingerprint density at radius 2 is 1.68 bits per heavy atom. The van der Waals surface area contributed by atoms with Crippen LogP contribution in [0, 0.1) is 23.7 Å². The number of carbonyl (C=O) groups is 2.